The first kappa shape index (κ1) is 21.0. The summed E-state index contributed by atoms with van der Waals surface area (Å²) in [7, 11) is 4.52. The van der Waals surface area contributed by atoms with E-state index < -0.39 is 5.97 Å². The molecule has 0 aliphatic rings. The average Bonchev–Trinajstić information content (AvgIpc) is 2.81. The molecule has 6 heteroatoms. The van der Waals surface area contributed by atoms with Gasteiger partial charge in [-0.15, -0.1) is 0 Å². The van der Waals surface area contributed by atoms with Crippen molar-refractivity contribution in [3.05, 3.63) is 83.4 Å². The Morgan fingerprint density at radius 3 is 2.13 bits per heavy atom. The second-order valence-corrected chi connectivity index (χ2v) is 6.40. The van der Waals surface area contributed by atoms with Crippen molar-refractivity contribution in [2.24, 2.45) is 0 Å². The molecule has 30 heavy (non-hydrogen) atoms. The molecule has 0 aliphatic carbocycles. The molecule has 0 radical (unpaired) electrons. The SMILES string of the molecule is COC(=O)c1ccc(OCc2ccc(OC)c(OC)c2)cc1OCc1ccccc1. The van der Waals surface area contributed by atoms with E-state index >= 15 is 0 Å². The molecule has 0 unspecified atom stereocenters. The van der Waals surface area contributed by atoms with Crippen LogP contribution in [0.1, 0.15) is 21.5 Å². The van der Waals surface area contributed by atoms with Gasteiger partial charge in [-0.3, -0.25) is 0 Å². The zero-order valence-corrected chi connectivity index (χ0v) is 17.2. The van der Waals surface area contributed by atoms with E-state index in [-0.39, 0.29) is 0 Å². The van der Waals surface area contributed by atoms with E-state index in [2.05, 4.69) is 0 Å². The van der Waals surface area contributed by atoms with Gasteiger partial charge in [0.25, 0.3) is 0 Å². The van der Waals surface area contributed by atoms with E-state index in [1.54, 1.807) is 32.4 Å². The number of carbonyl (C=O) groups excluding carboxylic acids is 1. The van der Waals surface area contributed by atoms with Crippen LogP contribution in [-0.4, -0.2) is 27.3 Å². The van der Waals surface area contributed by atoms with E-state index in [4.69, 9.17) is 23.7 Å². The van der Waals surface area contributed by atoms with Gasteiger partial charge in [0.1, 0.15) is 30.3 Å². The Kier molecular flexibility index (Phi) is 7.16. The largest absolute Gasteiger partial charge is 0.493 e. The summed E-state index contributed by atoms with van der Waals surface area (Å²) in [6.45, 7) is 0.639. The van der Waals surface area contributed by atoms with Gasteiger partial charge in [-0.1, -0.05) is 36.4 Å². The third-order valence-electron chi connectivity index (χ3n) is 4.45. The van der Waals surface area contributed by atoms with Crippen LogP contribution in [0.3, 0.4) is 0 Å². The fourth-order valence-corrected chi connectivity index (χ4v) is 2.86. The van der Waals surface area contributed by atoms with Crippen molar-refractivity contribution in [3.63, 3.8) is 0 Å². The summed E-state index contributed by atoms with van der Waals surface area (Å²) < 4.78 is 27.2. The lowest BCUT2D eigenvalue weighted by molar-refractivity contribution is 0.0595. The quantitative estimate of drug-likeness (QED) is 0.481. The molecule has 3 rings (SSSR count). The monoisotopic (exact) mass is 408 g/mol. The summed E-state index contributed by atoms with van der Waals surface area (Å²) in [4.78, 5) is 12.1. The summed E-state index contributed by atoms with van der Waals surface area (Å²) in [6.07, 6.45) is 0. The molecular weight excluding hydrogens is 384 g/mol. The van der Waals surface area contributed by atoms with Crippen LogP contribution in [-0.2, 0) is 18.0 Å². The van der Waals surface area contributed by atoms with Gasteiger partial charge in [-0.25, -0.2) is 4.79 Å². The standard InChI is InChI=1S/C24H24O6/c1-26-21-12-9-18(13-23(21)27-2)16-29-19-10-11-20(24(25)28-3)22(14-19)30-15-17-7-5-4-6-8-17/h4-14H,15-16H2,1-3H3. The second kappa shape index (κ2) is 10.2. The molecule has 0 atom stereocenters. The zero-order chi connectivity index (χ0) is 21.3. The Balaban J connectivity index is 1.75. The lowest BCUT2D eigenvalue weighted by Gasteiger charge is -2.14. The molecule has 0 fully saturated rings. The zero-order valence-electron chi connectivity index (χ0n) is 17.2. The van der Waals surface area contributed by atoms with E-state index in [9.17, 15) is 4.79 Å². The molecule has 0 saturated heterocycles. The minimum atomic E-state index is -0.468. The summed E-state index contributed by atoms with van der Waals surface area (Å²) in [5, 5.41) is 0. The van der Waals surface area contributed by atoms with Crippen LogP contribution in [0.4, 0.5) is 0 Å². The van der Waals surface area contributed by atoms with Crippen LogP contribution < -0.4 is 18.9 Å². The highest BCUT2D eigenvalue weighted by Gasteiger charge is 2.15. The topological polar surface area (TPSA) is 63.2 Å². The Hall–Kier alpha value is -3.67. The lowest BCUT2D eigenvalue weighted by Crippen LogP contribution is -2.06. The molecule has 0 saturated carbocycles. The smallest absolute Gasteiger partial charge is 0.341 e. The summed E-state index contributed by atoms with van der Waals surface area (Å²) >= 11 is 0. The van der Waals surface area contributed by atoms with Crippen molar-refractivity contribution in [3.8, 4) is 23.0 Å². The number of methoxy groups -OCH3 is 3. The van der Waals surface area contributed by atoms with Gasteiger partial charge in [0.2, 0.25) is 0 Å². The van der Waals surface area contributed by atoms with Gasteiger partial charge in [-0.2, -0.15) is 0 Å². The number of carbonyl (C=O) groups is 1. The normalized spacial score (nSPS) is 10.2. The van der Waals surface area contributed by atoms with Crippen molar-refractivity contribution in [2.45, 2.75) is 13.2 Å². The van der Waals surface area contributed by atoms with Crippen molar-refractivity contribution < 1.29 is 28.5 Å². The first-order valence-corrected chi connectivity index (χ1v) is 9.37. The van der Waals surface area contributed by atoms with E-state index in [0.717, 1.165) is 11.1 Å². The maximum Gasteiger partial charge on any atom is 0.341 e. The lowest BCUT2D eigenvalue weighted by atomic mass is 10.2. The van der Waals surface area contributed by atoms with Gasteiger partial charge in [-0.05, 0) is 35.4 Å². The Morgan fingerprint density at radius 2 is 1.43 bits per heavy atom. The van der Waals surface area contributed by atoms with Crippen LogP contribution >= 0.6 is 0 Å². The third kappa shape index (κ3) is 5.23. The van der Waals surface area contributed by atoms with Crippen LogP contribution in [0.2, 0.25) is 0 Å². The Morgan fingerprint density at radius 1 is 0.700 bits per heavy atom. The van der Waals surface area contributed by atoms with Crippen LogP contribution in [0, 0.1) is 0 Å². The number of ether oxygens (including phenoxy) is 5. The van der Waals surface area contributed by atoms with Crippen molar-refractivity contribution in [1.82, 2.24) is 0 Å². The van der Waals surface area contributed by atoms with Gasteiger partial charge in [0, 0.05) is 6.07 Å². The molecule has 0 amide bonds. The highest BCUT2D eigenvalue weighted by molar-refractivity contribution is 5.92. The van der Waals surface area contributed by atoms with Crippen molar-refractivity contribution >= 4 is 5.97 Å². The van der Waals surface area contributed by atoms with Crippen molar-refractivity contribution in [2.75, 3.05) is 21.3 Å². The fourth-order valence-electron chi connectivity index (χ4n) is 2.86. The van der Waals surface area contributed by atoms with E-state index in [1.807, 2.05) is 48.5 Å². The molecule has 0 bridgehead atoms. The minimum absolute atomic E-state index is 0.316. The number of rotatable bonds is 9. The molecule has 3 aromatic carbocycles. The molecule has 0 heterocycles. The highest BCUT2D eigenvalue weighted by atomic mass is 16.5. The Labute approximate surface area is 175 Å². The van der Waals surface area contributed by atoms with Crippen LogP contribution in [0.25, 0.3) is 0 Å². The molecule has 0 N–H and O–H groups in total. The molecule has 3 aromatic rings. The van der Waals surface area contributed by atoms with Gasteiger partial charge in [0.05, 0.1) is 21.3 Å². The molecule has 0 spiro atoms. The molecule has 0 aliphatic heterocycles. The highest BCUT2D eigenvalue weighted by Crippen LogP contribution is 2.30. The van der Waals surface area contributed by atoms with Crippen LogP contribution in [0.15, 0.2) is 66.7 Å². The predicted octanol–water partition coefficient (Wildman–Crippen LogP) is 4.65. The number of esters is 1. The second-order valence-electron chi connectivity index (χ2n) is 6.40. The maximum atomic E-state index is 12.1. The summed E-state index contributed by atoms with van der Waals surface area (Å²) in [6, 6.07) is 20.3. The van der Waals surface area contributed by atoms with Crippen molar-refractivity contribution in [1.29, 1.82) is 0 Å². The fraction of sp³-hybridized carbons (Fsp3) is 0.208. The molecule has 0 aromatic heterocycles. The van der Waals surface area contributed by atoms with Crippen LogP contribution in [0.5, 0.6) is 23.0 Å². The van der Waals surface area contributed by atoms with E-state index in [1.165, 1.54) is 7.11 Å². The average molecular weight is 408 g/mol. The van der Waals surface area contributed by atoms with E-state index in [0.29, 0.717) is 41.8 Å². The molecular formula is C24H24O6. The first-order chi connectivity index (χ1) is 14.6. The van der Waals surface area contributed by atoms with Gasteiger partial charge >= 0.3 is 5.97 Å². The summed E-state index contributed by atoms with van der Waals surface area (Å²) in [5.41, 5.74) is 2.24. The maximum absolute atomic E-state index is 12.1. The molecule has 6 nitrogen and oxygen atoms in total. The third-order valence-corrected chi connectivity index (χ3v) is 4.45. The Bertz CT molecular complexity index is 984. The summed E-state index contributed by atoms with van der Waals surface area (Å²) in [5.74, 6) is 1.78. The minimum Gasteiger partial charge on any atom is -0.493 e. The predicted molar refractivity (Wildman–Crippen MR) is 112 cm³/mol. The number of benzene rings is 3. The number of hydrogen-bond acceptors (Lipinski definition) is 6. The first-order valence-electron chi connectivity index (χ1n) is 9.37. The van der Waals surface area contributed by atoms with Gasteiger partial charge in [0.15, 0.2) is 11.5 Å². The number of hydrogen-bond donors (Lipinski definition) is 0. The molecule has 156 valence electrons. The van der Waals surface area contributed by atoms with Gasteiger partial charge < -0.3 is 23.7 Å².